The number of hydrogen-bond donors (Lipinski definition) is 1. The van der Waals surface area contributed by atoms with Crippen molar-refractivity contribution in [2.75, 3.05) is 6.61 Å². The zero-order valence-corrected chi connectivity index (χ0v) is 15.6. The molecule has 0 spiro atoms. The average Bonchev–Trinajstić information content (AvgIpc) is 2.70. The first-order valence-corrected chi connectivity index (χ1v) is 9.13. The maximum absolute atomic E-state index is 11.8. The standard InChI is InChI=1S/C24H24O3/c1-17(2)24(26)27-16-22-14-18(6-5-13-25)9-12-23(22)21-11-10-19-7-3-4-8-20(19)15-21/h3-4,7-12,14-15,25H,1,5-6,13,16H2,2H3. The normalized spacial score (nSPS) is 10.7. The second-order valence-electron chi connectivity index (χ2n) is 6.74. The Hall–Kier alpha value is -2.91. The molecule has 0 fully saturated rings. The van der Waals surface area contributed by atoms with Crippen LogP contribution >= 0.6 is 0 Å². The highest BCUT2D eigenvalue weighted by atomic mass is 16.5. The van der Waals surface area contributed by atoms with E-state index in [0.717, 1.165) is 28.7 Å². The van der Waals surface area contributed by atoms with Gasteiger partial charge in [-0.05, 0) is 58.9 Å². The summed E-state index contributed by atoms with van der Waals surface area (Å²) in [6.07, 6.45) is 1.50. The van der Waals surface area contributed by atoms with Crippen LogP contribution in [-0.4, -0.2) is 17.7 Å². The molecule has 0 aliphatic carbocycles. The molecule has 0 atom stereocenters. The van der Waals surface area contributed by atoms with Crippen molar-refractivity contribution in [2.45, 2.75) is 26.4 Å². The summed E-state index contributed by atoms with van der Waals surface area (Å²) in [5.41, 5.74) is 4.59. The van der Waals surface area contributed by atoms with Crippen LogP contribution in [0, 0.1) is 0 Å². The van der Waals surface area contributed by atoms with Crippen molar-refractivity contribution in [3.8, 4) is 11.1 Å². The summed E-state index contributed by atoms with van der Waals surface area (Å²) in [6.45, 7) is 5.64. The monoisotopic (exact) mass is 360 g/mol. The Morgan fingerprint density at radius 1 is 1.04 bits per heavy atom. The molecule has 0 aliphatic heterocycles. The molecule has 138 valence electrons. The Kier molecular flexibility index (Phi) is 6.05. The Bertz CT molecular complexity index is 972. The van der Waals surface area contributed by atoms with Crippen LogP contribution in [0.2, 0.25) is 0 Å². The Morgan fingerprint density at radius 2 is 1.81 bits per heavy atom. The molecule has 1 N–H and O–H groups in total. The molecule has 3 heteroatoms. The number of carbonyl (C=O) groups is 1. The molecule has 0 unspecified atom stereocenters. The molecule has 0 bridgehead atoms. The summed E-state index contributed by atoms with van der Waals surface area (Å²) < 4.78 is 5.41. The van der Waals surface area contributed by atoms with E-state index >= 15 is 0 Å². The fourth-order valence-corrected chi connectivity index (χ4v) is 3.11. The van der Waals surface area contributed by atoms with E-state index < -0.39 is 0 Å². The van der Waals surface area contributed by atoms with Crippen LogP contribution < -0.4 is 0 Å². The minimum absolute atomic E-state index is 0.159. The Labute approximate surface area is 159 Å². The van der Waals surface area contributed by atoms with Crippen molar-refractivity contribution >= 4 is 16.7 Å². The van der Waals surface area contributed by atoms with E-state index in [1.165, 1.54) is 10.8 Å². The lowest BCUT2D eigenvalue weighted by Crippen LogP contribution is -2.06. The molecule has 27 heavy (non-hydrogen) atoms. The van der Waals surface area contributed by atoms with Crippen LogP contribution in [0.4, 0.5) is 0 Å². The average molecular weight is 360 g/mol. The SMILES string of the molecule is C=C(C)C(=O)OCc1cc(CCCO)ccc1-c1ccc2ccccc2c1. The summed E-state index contributed by atoms with van der Waals surface area (Å²) >= 11 is 0. The van der Waals surface area contributed by atoms with Crippen molar-refractivity contribution in [1.82, 2.24) is 0 Å². The van der Waals surface area contributed by atoms with Gasteiger partial charge < -0.3 is 9.84 Å². The second kappa shape index (κ2) is 8.65. The number of hydrogen-bond acceptors (Lipinski definition) is 3. The van der Waals surface area contributed by atoms with Gasteiger partial charge in [0.25, 0.3) is 0 Å². The van der Waals surface area contributed by atoms with E-state index in [9.17, 15) is 4.79 Å². The molecule has 3 aromatic carbocycles. The van der Waals surface area contributed by atoms with E-state index in [1.807, 2.05) is 12.1 Å². The molecular weight excluding hydrogens is 336 g/mol. The summed E-state index contributed by atoms with van der Waals surface area (Å²) in [4.78, 5) is 11.8. The lowest BCUT2D eigenvalue weighted by atomic mass is 9.95. The summed E-state index contributed by atoms with van der Waals surface area (Å²) in [5, 5.41) is 11.4. The maximum atomic E-state index is 11.8. The highest BCUT2D eigenvalue weighted by Gasteiger charge is 2.11. The second-order valence-corrected chi connectivity index (χ2v) is 6.74. The number of aryl methyl sites for hydroxylation is 1. The quantitative estimate of drug-likeness (QED) is 0.474. The maximum Gasteiger partial charge on any atom is 0.333 e. The number of aliphatic hydroxyl groups is 1. The molecule has 0 amide bonds. The summed E-state index contributed by atoms with van der Waals surface area (Å²) in [6, 6.07) is 20.8. The van der Waals surface area contributed by atoms with Crippen molar-refractivity contribution in [2.24, 2.45) is 0 Å². The minimum Gasteiger partial charge on any atom is -0.457 e. The highest BCUT2D eigenvalue weighted by Crippen LogP contribution is 2.29. The van der Waals surface area contributed by atoms with E-state index in [1.54, 1.807) is 6.92 Å². The molecule has 0 aliphatic rings. The number of carbonyl (C=O) groups excluding carboxylic acids is 1. The first kappa shape index (κ1) is 18.9. The molecule has 0 saturated carbocycles. The summed E-state index contributed by atoms with van der Waals surface area (Å²) in [5.74, 6) is -0.389. The first-order chi connectivity index (χ1) is 13.1. The summed E-state index contributed by atoms with van der Waals surface area (Å²) in [7, 11) is 0. The van der Waals surface area contributed by atoms with Gasteiger partial charge in [-0.3, -0.25) is 0 Å². The van der Waals surface area contributed by atoms with Gasteiger partial charge in [0.05, 0.1) is 0 Å². The fraction of sp³-hybridized carbons (Fsp3) is 0.208. The number of esters is 1. The molecular formula is C24H24O3. The molecule has 3 nitrogen and oxygen atoms in total. The largest absolute Gasteiger partial charge is 0.457 e. The third-order valence-corrected chi connectivity index (χ3v) is 4.56. The number of ether oxygens (including phenoxy) is 1. The zero-order valence-electron chi connectivity index (χ0n) is 15.6. The number of fused-ring (bicyclic) bond motifs is 1. The zero-order chi connectivity index (χ0) is 19.2. The number of rotatable bonds is 7. The van der Waals surface area contributed by atoms with E-state index in [-0.39, 0.29) is 19.2 Å². The van der Waals surface area contributed by atoms with Gasteiger partial charge in [-0.25, -0.2) is 4.79 Å². The molecule has 3 rings (SSSR count). The van der Waals surface area contributed by atoms with Gasteiger partial charge in [0.1, 0.15) is 6.61 Å². The third kappa shape index (κ3) is 4.63. The third-order valence-electron chi connectivity index (χ3n) is 4.56. The molecule has 0 aromatic heterocycles. The van der Waals surface area contributed by atoms with Gasteiger partial charge >= 0.3 is 5.97 Å². The van der Waals surface area contributed by atoms with Crippen LogP contribution in [0.25, 0.3) is 21.9 Å². The van der Waals surface area contributed by atoms with E-state index in [4.69, 9.17) is 9.84 Å². The van der Waals surface area contributed by atoms with E-state index in [2.05, 4.69) is 55.1 Å². The van der Waals surface area contributed by atoms with Crippen molar-refractivity contribution in [3.05, 3.63) is 83.9 Å². The lowest BCUT2D eigenvalue weighted by molar-refractivity contribution is -0.140. The number of aliphatic hydroxyl groups excluding tert-OH is 1. The minimum atomic E-state index is -0.389. The topological polar surface area (TPSA) is 46.5 Å². The van der Waals surface area contributed by atoms with Gasteiger partial charge in [0, 0.05) is 12.2 Å². The van der Waals surface area contributed by atoms with Gasteiger partial charge in [0.2, 0.25) is 0 Å². The van der Waals surface area contributed by atoms with Crippen molar-refractivity contribution in [1.29, 1.82) is 0 Å². The molecule has 0 heterocycles. The predicted molar refractivity (Wildman–Crippen MR) is 109 cm³/mol. The highest BCUT2D eigenvalue weighted by molar-refractivity contribution is 5.88. The van der Waals surface area contributed by atoms with Crippen LogP contribution in [0.1, 0.15) is 24.5 Å². The fourth-order valence-electron chi connectivity index (χ4n) is 3.11. The van der Waals surface area contributed by atoms with Gasteiger partial charge in [-0.2, -0.15) is 0 Å². The first-order valence-electron chi connectivity index (χ1n) is 9.13. The Morgan fingerprint density at radius 3 is 2.56 bits per heavy atom. The van der Waals surface area contributed by atoms with Crippen LogP contribution in [-0.2, 0) is 22.6 Å². The molecule has 0 saturated heterocycles. The van der Waals surface area contributed by atoms with Crippen molar-refractivity contribution < 1.29 is 14.6 Å². The lowest BCUT2D eigenvalue weighted by Gasteiger charge is -2.14. The Balaban J connectivity index is 1.98. The van der Waals surface area contributed by atoms with Crippen LogP contribution in [0.15, 0.2) is 72.8 Å². The van der Waals surface area contributed by atoms with Crippen LogP contribution in [0.3, 0.4) is 0 Å². The molecule has 0 radical (unpaired) electrons. The van der Waals surface area contributed by atoms with Gasteiger partial charge in [-0.1, -0.05) is 61.2 Å². The predicted octanol–water partition coefficient (Wildman–Crippen LogP) is 5.05. The van der Waals surface area contributed by atoms with Crippen molar-refractivity contribution in [3.63, 3.8) is 0 Å². The molecule has 3 aromatic rings. The van der Waals surface area contributed by atoms with Gasteiger partial charge in [0.15, 0.2) is 0 Å². The van der Waals surface area contributed by atoms with E-state index in [0.29, 0.717) is 12.0 Å². The van der Waals surface area contributed by atoms with Gasteiger partial charge in [-0.15, -0.1) is 0 Å². The van der Waals surface area contributed by atoms with Crippen LogP contribution in [0.5, 0.6) is 0 Å². The number of benzene rings is 3. The smallest absolute Gasteiger partial charge is 0.333 e.